The molecule has 1 aromatic heterocycles. The summed E-state index contributed by atoms with van der Waals surface area (Å²) < 4.78 is 9.90. The summed E-state index contributed by atoms with van der Waals surface area (Å²) in [5.41, 5.74) is 0.818. The highest BCUT2D eigenvalue weighted by Crippen LogP contribution is 2.30. The Morgan fingerprint density at radius 3 is 2.42 bits per heavy atom. The molecule has 1 saturated heterocycles. The lowest BCUT2D eigenvalue weighted by Gasteiger charge is -2.42. The number of carbonyl (C=O) groups excluding carboxylic acids is 2. The van der Waals surface area contributed by atoms with E-state index >= 15 is 0 Å². The van der Waals surface area contributed by atoms with Crippen molar-refractivity contribution in [2.75, 3.05) is 20.3 Å². The molecule has 0 saturated carbocycles. The average Bonchev–Trinajstić information content (AvgIpc) is 2.58. The van der Waals surface area contributed by atoms with Gasteiger partial charge in [-0.05, 0) is 29.8 Å². The molecule has 0 unspecified atom stereocenters. The number of nitrogens with one attached hydrogen (secondary N) is 1. The molecule has 124 valence electrons. The average molecular weight is 347 g/mol. The van der Waals surface area contributed by atoms with Crippen molar-refractivity contribution >= 4 is 23.5 Å². The number of nitrogens with zero attached hydrogens (tertiary/aromatic N) is 1. The van der Waals surface area contributed by atoms with Gasteiger partial charge in [0.05, 0.1) is 25.9 Å². The number of hydrogen-bond acceptors (Lipinski definition) is 5. The maximum Gasteiger partial charge on any atom is 0.339 e. The fraction of sp³-hybridized carbons (Fsp3) is 0.235. The summed E-state index contributed by atoms with van der Waals surface area (Å²) in [6, 6.07) is 10.2. The van der Waals surface area contributed by atoms with E-state index < -0.39 is 11.5 Å². The van der Waals surface area contributed by atoms with E-state index in [1.165, 1.54) is 25.4 Å². The number of aromatic nitrogens is 1. The summed E-state index contributed by atoms with van der Waals surface area (Å²) in [5, 5.41) is 3.58. The third-order valence-corrected chi connectivity index (χ3v) is 4.12. The SMILES string of the molecule is COC(=O)c1ccc(C(=O)NC2(c3ccc(Cl)cc3)COC2)nc1. The van der Waals surface area contributed by atoms with Crippen molar-refractivity contribution in [1.82, 2.24) is 10.3 Å². The van der Waals surface area contributed by atoms with Gasteiger partial charge in [-0.1, -0.05) is 23.7 Å². The predicted octanol–water partition coefficient (Wildman–Crippen LogP) is 2.18. The number of hydrogen-bond donors (Lipinski definition) is 1. The van der Waals surface area contributed by atoms with Gasteiger partial charge >= 0.3 is 5.97 Å². The number of esters is 1. The summed E-state index contributed by atoms with van der Waals surface area (Å²) >= 11 is 5.91. The zero-order valence-corrected chi connectivity index (χ0v) is 13.7. The number of pyridine rings is 1. The summed E-state index contributed by atoms with van der Waals surface area (Å²) in [4.78, 5) is 27.9. The van der Waals surface area contributed by atoms with Gasteiger partial charge in [-0.25, -0.2) is 4.79 Å². The summed E-state index contributed by atoms with van der Waals surface area (Å²) in [7, 11) is 1.29. The minimum atomic E-state index is -0.593. The van der Waals surface area contributed by atoms with E-state index in [0.717, 1.165) is 5.56 Å². The lowest BCUT2D eigenvalue weighted by Crippen LogP contribution is -2.59. The standard InChI is InChI=1S/C17H15ClN2O4/c1-23-16(22)11-2-7-14(19-8-11)15(21)20-17(9-24-10-17)12-3-5-13(18)6-4-12/h2-8H,9-10H2,1H3,(H,20,21). The topological polar surface area (TPSA) is 77.5 Å². The molecule has 7 heteroatoms. The molecule has 1 fully saturated rings. The zero-order chi connectivity index (χ0) is 17.2. The zero-order valence-electron chi connectivity index (χ0n) is 12.9. The Morgan fingerprint density at radius 2 is 1.92 bits per heavy atom. The van der Waals surface area contributed by atoms with Crippen molar-refractivity contribution in [2.24, 2.45) is 0 Å². The van der Waals surface area contributed by atoms with Crippen molar-refractivity contribution in [1.29, 1.82) is 0 Å². The largest absolute Gasteiger partial charge is 0.465 e. The van der Waals surface area contributed by atoms with Crippen molar-refractivity contribution in [3.8, 4) is 0 Å². The van der Waals surface area contributed by atoms with Gasteiger partial charge in [-0.15, -0.1) is 0 Å². The highest BCUT2D eigenvalue weighted by molar-refractivity contribution is 6.30. The first kappa shape index (κ1) is 16.4. The lowest BCUT2D eigenvalue weighted by molar-refractivity contribution is -0.0734. The maximum atomic E-state index is 12.5. The smallest absolute Gasteiger partial charge is 0.339 e. The molecule has 24 heavy (non-hydrogen) atoms. The van der Waals surface area contributed by atoms with E-state index in [1.807, 2.05) is 12.1 Å². The lowest BCUT2D eigenvalue weighted by atomic mass is 9.88. The van der Waals surface area contributed by atoms with Crippen molar-refractivity contribution < 1.29 is 19.1 Å². The number of rotatable bonds is 4. The van der Waals surface area contributed by atoms with Crippen molar-refractivity contribution in [3.63, 3.8) is 0 Å². The van der Waals surface area contributed by atoms with Crippen molar-refractivity contribution in [3.05, 3.63) is 64.4 Å². The first-order valence-corrected chi connectivity index (χ1v) is 7.62. The molecule has 6 nitrogen and oxygen atoms in total. The number of methoxy groups -OCH3 is 1. The van der Waals surface area contributed by atoms with Crippen molar-refractivity contribution in [2.45, 2.75) is 5.54 Å². The second-order valence-corrected chi connectivity index (χ2v) is 5.90. The number of ether oxygens (including phenoxy) is 2. The van der Waals surface area contributed by atoms with E-state index in [1.54, 1.807) is 12.1 Å². The number of halogens is 1. The second kappa shape index (κ2) is 6.59. The van der Waals surface area contributed by atoms with Crippen LogP contribution in [0.1, 0.15) is 26.4 Å². The molecule has 1 amide bonds. The third-order valence-electron chi connectivity index (χ3n) is 3.86. The van der Waals surface area contributed by atoms with E-state index in [-0.39, 0.29) is 17.2 Å². The number of amides is 1. The van der Waals surface area contributed by atoms with E-state index in [9.17, 15) is 9.59 Å². The fourth-order valence-corrected chi connectivity index (χ4v) is 2.56. The third kappa shape index (κ3) is 3.11. The summed E-state index contributed by atoms with van der Waals surface area (Å²) in [6.07, 6.45) is 1.31. The fourth-order valence-electron chi connectivity index (χ4n) is 2.43. The van der Waals surface area contributed by atoms with Crippen LogP contribution in [0.15, 0.2) is 42.6 Å². The first-order valence-electron chi connectivity index (χ1n) is 7.25. The Bertz CT molecular complexity index is 755. The van der Waals surface area contributed by atoms with Crippen LogP contribution in [0, 0.1) is 0 Å². The van der Waals surface area contributed by atoms with Crippen LogP contribution >= 0.6 is 11.6 Å². The molecule has 0 bridgehead atoms. The molecule has 2 aromatic rings. The minimum Gasteiger partial charge on any atom is -0.465 e. The van der Waals surface area contributed by atoms with Crippen LogP contribution in [0.5, 0.6) is 0 Å². The Kier molecular flexibility index (Phi) is 4.51. The molecule has 0 atom stereocenters. The van der Waals surface area contributed by atoms with Crippen LogP contribution in [-0.4, -0.2) is 37.2 Å². The molecule has 0 radical (unpaired) electrons. The van der Waals surface area contributed by atoms with Crippen LogP contribution in [0.2, 0.25) is 5.02 Å². The number of carbonyl (C=O) groups is 2. The molecular formula is C17H15ClN2O4. The predicted molar refractivity (Wildman–Crippen MR) is 87.0 cm³/mol. The van der Waals surface area contributed by atoms with Crippen LogP contribution in [0.3, 0.4) is 0 Å². The normalized spacial score (nSPS) is 15.2. The molecule has 3 rings (SSSR count). The monoisotopic (exact) mass is 346 g/mol. The Labute approximate surface area is 143 Å². The van der Waals surface area contributed by atoms with E-state index in [2.05, 4.69) is 15.0 Å². The Morgan fingerprint density at radius 1 is 1.21 bits per heavy atom. The molecule has 1 N–H and O–H groups in total. The van der Waals surface area contributed by atoms with Crippen LogP contribution in [0.25, 0.3) is 0 Å². The van der Waals surface area contributed by atoms with Crippen LogP contribution in [-0.2, 0) is 15.0 Å². The van der Waals surface area contributed by atoms with Gasteiger partial charge in [0, 0.05) is 11.2 Å². The van der Waals surface area contributed by atoms with E-state index in [4.69, 9.17) is 16.3 Å². The Hall–Kier alpha value is -2.44. The molecular weight excluding hydrogens is 332 g/mol. The maximum absolute atomic E-state index is 12.5. The molecule has 0 aliphatic carbocycles. The quantitative estimate of drug-likeness (QED) is 0.858. The van der Waals surface area contributed by atoms with Gasteiger partial charge in [0.2, 0.25) is 0 Å². The first-order chi connectivity index (χ1) is 11.5. The van der Waals surface area contributed by atoms with Gasteiger partial charge < -0.3 is 14.8 Å². The minimum absolute atomic E-state index is 0.211. The molecule has 0 spiro atoms. The molecule has 1 aliphatic heterocycles. The van der Waals surface area contributed by atoms with E-state index in [0.29, 0.717) is 18.2 Å². The van der Waals surface area contributed by atoms with Crippen LogP contribution < -0.4 is 5.32 Å². The summed E-state index contributed by atoms with van der Waals surface area (Å²) in [5.74, 6) is -0.843. The van der Waals surface area contributed by atoms with Gasteiger partial charge in [0.15, 0.2) is 0 Å². The highest BCUT2D eigenvalue weighted by Gasteiger charge is 2.42. The van der Waals surface area contributed by atoms with Crippen LogP contribution in [0.4, 0.5) is 0 Å². The Balaban J connectivity index is 1.77. The number of benzene rings is 1. The van der Waals surface area contributed by atoms with Gasteiger partial charge in [-0.3, -0.25) is 9.78 Å². The van der Waals surface area contributed by atoms with Gasteiger partial charge in [-0.2, -0.15) is 0 Å². The molecule has 1 aromatic carbocycles. The second-order valence-electron chi connectivity index (χ2n) is 5.46. The molecule has 1 aliphatic rings. The van der Waals surface area contributed by atoms with Gasteiger partial charge in [0.25, 0.3) is 5.91 Å². The van der Waals surface area contributed by atoms with Gasteiger partial charge in [0.1, 0.15) is 11.2 Å². The molecule has 2 heterocycles. The highest BCUT2D eigenvalue weighted by atomic mass is 35.5. The summed E-state index contributed by atoms with van der Waals surface area (Å²) in [6.45, 7) is 0.751.